The van der Waals surface area contributed by atoms with E-state index in [9.17, 15) is 4.79 Å². The summed E-state index contributed by atoms with van der Waals surface area (Å²) in [5, 5.41) is 12.8. The van der Waals surface area contributed by atoms with Crippen LogP contribution in [0.2, 0.25) is 0 Å². The molecule has 0 atom stereocenters. The summed E-state index contributed by atoms with van der Waals surface area (Å²) < 4.78 is 3.28. The minimum Gasteiger partial charge on any atom is -0.478 e. The van der Waals surface area contributed by atoms with E-state index in [4.69, 9.17) is 5.11 Å². The molecule has 3 aromatic rings. The third-order valence-electron chi connectivity index (χ3n) is 2.57. The predicted octanol–water partition coefficient (Wildman–Crippen LogP) is 1.01. The fourth-order valence-electron chi connectivity index (χ4n) is 1.79. The minimum atomic E-state index is -1.02. The number of aromatic nitrogens is 5. The van der Waals surface area contributed by atoms with Gasteiger partial charge in [-0.05, 0) is 18.2 Å². The van der Waals surface area contributed by atoms with E-state index in [0.717, 1.165) is 6.08 Å². The van der Waals surface area contributed by atoms with Crippen molar-refractivity contribution < 1.29 is 9.90 Å². The molecule has 0 saturated carbocycles. The van der Waals surface area contributed by atoms with E-state index in [1.54, 1.807) is 4.40 Å². The molecule has 7 heteroatoms. The van der Waals surface area contributed by atoms with Gasteiger partial charge in [0.25, 0.3) is 0 Å². The average molecular weight is 255 g/mol. The number of nitrogens with zero attached hydrogens (tertiary/aromatic N) is 5. The molecule has 94 valence electrons. The Hall–Kier alpha value is -2.96. The zero-order valence-corrected chi connectivity index (χ0v) is 9.71. The molecule has 7 nitrogen and oxygen atoms in total. The zero-order valence-electron chi connectivity index (χ0n) is 9.71. The summed E-state index contributed by atoms with van der Waals surface area (Å²) >= 11 is 0. The van der Waals surface area contributed by atoms with E-state index in [1.807, 2.05) is 24.4 Å². The van der Waals surface area contributed by atoms with Crippen LogP contribution in [0.15, 0.2) is 43.1 Å². The maximum absolute atomic E-state index is 10.7. The van der Waals surface area contributed by atoms with Crippen molar-refractivity contribution in [2.45, 2.75) is 0 Å². The van der Waals surface area contributed by atoms with Gasteiger partial charge in [0.2, 0.25) is 0 Å². The third-order valence-corrected chi connectivity index (χ3v) is 2.57. The monoisotopic (exact) mass is 255 g/mol. The topological polar surface area (TPSA) is 85.3 Å². The molecular formula is C12H9N5O2. The molecule has 3 rings (SSSR count). The quantitative estimate of drug-likeness (QED) is 0.706. The first-order valence-corrected chi connectivity index (χ1v) is 5.49. The van der Waals surface area contributed by atoms with Gasteiger partial charge in [-0.25, -0.2) is 19.4 Å². The highest BCUT2D eigenvalue weighted by Crippen LogP contribution is 2.17. The lowest BCUT2D eigenvalue weighted by Crippen LogP contribution is -1.98. The summed E-state index contributed by atoms with van der Waals surface area (Å²) in [6.45, 7) is 0. The van der Waals surface area contributed by atoms with Crippen molar-refractivity contribution in [3.05, 3.63) is 48.8 Å². The van der Waals surface area contributed by atoms with Crippen LogP contribution in [0.3, 0.4) is 0 Å². The number of carbonyl (C=O) groups is 1. The van der Waals surface area contributed by atoms with Gasteiger partial charge in [0.05, 0.1) is 5.69 Å². The van der Waals surface area contributed by atoms with Gasteiger partial charge in [0.15, 0.2) is 5.82 Å². The first-order chi connectivity index (χ1) is 9.25. The number of aliphatic carboxylic acids is 1. The molecule has 3 aromatic heterocycles. The van der Waals surface area contributed by atoms with Gasteiger partial charge in [-0.1, -0.05) is 6.07 Å². The maximum Gasteiger partial charge on any atom is 0.328 e. The highest BCUT2D eigenvalue weighted by atomic mass is 16.4. The number of pyridine rings is 1. The van der Waals surface area contributed by atoms with Crippen molar-refractivity contribution in [3.63, 3.8) is 0 Å². The Morgan fingerprint density at radius 3 is 3.00 bits per heavy atom. The molecule has 0 spiro atoms. The first kappa shape index (κ1) is 11.1. The Kier molecular flexibility index (Phi) is 2.57. The van der Waals surface area contributed by atoms with Crippen LogP contribution in [0.5, 0.6) is 0 Å². The van der Waals surface area contributed by atoms with Gasteiger partial charge in [-0.15, -0.1) is 0 Å². The summed E-state index contributed by atoms with van der Waals surface area (Å²) in [5.74, 6) is -0.489. The summed E-state index contributed by atoms with van der Waals surface area (Å²) in [7, 11) is 0. The molecule has 3 heterocycles. The predicted molar refractivity (Wildman–Crippen MR) is 66.8 cm³/mol. The number of fused-ring (bicyclic) bond motifs is 1. The lowest BCUT2D eigenvalue weighted by Gasteiger charge is -1.98. The highest BCUT2D eigenvalue weighted by Gasteiger charge is 2.11. The minimum absolute atomic E-state index is 0.529. The van der Waals surface area contributed by atoms with Gasteiger partial charge in [-0.3, -0.25) is 4.40 Å². The van der Waals surface area contributed by atoms with Crippen molar-refractivity contribution >= 4 is 17.7 Å². The number of imidazole rings is 1. The largest absolute Gasteiger partial charge is 0.478 e. The van der Waals surface area contributed by atoms with Crippen LogP contribution in [-0.2, 0) is 4.79 Å². The van der Waals surface area contributed by atoms with Gasteiger partial charge in [0.1, 0.15) is 18.3 Å². The molecule has 19 heavy (non-hydrogen) atoms. The Bertz CT molecular complexity index is 758. The van der Waals surface area contributed by atoms with Crippen molar-refractivity contribution in [1.82, 2.24) is 24.1 Å². The van der Waals surface area contributed by atoms with Crippen LogP contribution in [0.1, 0.15) is 5.69 Å². The van der Waals surface area contributed by atoms with Crippen LogP contribution in [0, 0.1) is 0 Å². The molecule has 0 bridgehead atoms. The number of carboxylic acid groups (broad SMARTS) is 1. The number of hydrogen-bond donors (Lipinski definition) is 1. The molecular weight excluding hydrogens is 246 g/mol. The molecule has 0 saturated heterocycles. The van der Waals surface area contributed by atoms with Crippen molar-refractivity contribution in [3.8, 4) is 5.82 Å². The second kappa shape index (κ2) is 4.37. The lowest BCUT2D eigenvalue weighted by molar-refractivity contribution is -0.131. The molecule has 0 aliphatic rings. The van der Waals surface area contributed by atoms with Crippen LogP contribution in [0.25, 0.3) is 17.5 Å². The van der Waals surface area contributed by atoms with E-state index in [1.165, 1.54) is 23.4 Å². The molecule has 1 N–H and O–H groups in total. The van der Waals surface area contributed by atoms with Crippen LogP contribution < -0.4 is 0 Å². The van der Waals surface area contributed by atoms with Crippen LogP contribution in [0.4, 0.5) is 0 Å². The summed E-state index contributed by atoms with van der Waals surface area (Å²) in [6, 6.07) is 5.54. The Balaban J connectivity index is 2.25. The SMILES string of the molecule is O=C(O)/C=C/c1c(-n2cncn2)nc2ccccn12. The lowest BCUT2D eigenvalue weighted by atomic mass is 10.3. The second-order valence-corrected chi connectivity index (χ2v) is 3.76. The molecule has 0 unspecified atom stereocenters. The maximum atomic E-state index is 10.7. The fourth-order valence-corrected chi connectivity index (χ4v) is 1.79. The molecule has 0 amide bonds. The fraction of sp³-hybridized carbons (Fsp3) is 0. The summed E-state index contributed by atoms with van der Waals surface area (Å²) in [6.07, 6.45) is 7.27. The van der Waals surface area contributed by atoms with E-state index in [-0.39, 0.29) is 0 Å². The smallest absolute Gasteiger partial charge is 0.328 e. The standard InChI is InChI=1S/C12H9N5O2/c18-11(19)5-4-9-12(17-8-13-7-14-17)15-10-3-1-2-6-16(9)10/h1-8H,(H,18,19)/b5-4+. The van der Waals surface area contributed by atoms with E-state index in [2.05, 4.69) is 15.1 Å². The van der Waals surface area contributed by atoms with Crippen molar-refractivity contribution in [2.24, 2.45) is 0 Å². The first-order valence-electron chi connectivity index (χ1n) is 5.49. The van der Waals surface area contributed by atoms with Gasteiger partial charge < -0.3 is 5.11 Å². The third kappa shape index (κ3) is 1.97. The Morgan fingerprint density at radius 1 is 1.37 bits per heavy atom. The van der Waals surface area contributed by atoms with E-state index in [0.29, 0.717) is 17.2 Å². The van der Waals surface area contributed by atoms with Crippen LogP contribution in [-0.4, -0.2) is 35.2 Å². The number of rotatable bonds is 3. The van der Waals surface area contributed by atoms with E-state index < -0.39 is 5.97 Å². The van der Waals surface area contributed by atoms with Gasteiger partial charge in [-0.2, -0.15) is 5.10 Å². The summed E-state index contributed by atoms with van der Waals surface area (Å²) in [5.41, 5.74) is 1.33. The van der Waals surface area contributed by atoms with Crippen molar-refractivity contribution in [2.75, 3.05) is 0 Å². The Labute approximate surface area is 107 Å². The Morgan fingerprint density at radius 2 is 2.26 bits per heavy atom. The summed E-state index contributed by atoms with van der Waals surface area (Å²) in [4.78, 5) is 19.0. The second-order valence-electron chi connectivity index (χ2n) is 3.76. The molecule has 0 radical (unpaired) electrons. The van der Waals surface area contributed by atoms with Crippen LogP contribution >= 0.6 is 0 Å². The van der Waals surface area contributed by atoms with Gasteiger partial charge in [0, 0.05) is 12.3 Å². The number of hydrogen-bond acceptors (Lipinski definition) is 4. The number of carboxylic acids is 1. The zero-order chi connectivity index (χ0) is 13.2. The average Bonchev–Trinajstić information content (AvgIpc) is 3.03. The highest BCUT2D eigenvalue weighted by molar-refractivity contribution is 5.85. The molecule has 0 aliphatic carbocycles. The molecule has 0 aromatic carbocycles. The molecule has 0 aliphatic heterocycles. The van der Waals surface area contributed by atoms with Crippen molar-refractivity contribution in [1.29, 1.82) is 0 Å². The van der Waals surface area contributed by atoms with E-state index >= 15 is 0 Å². The normalized spacial score (nSPS) is 11.4. The van der Waals surface area contributed by atoms with Gasteiger partial charge >= 0.3 is 5.97 Å². The molecule has 0 fully saturated rings.